The van der Waals surface area contributed by atoms with Gasteiger partial charge in [-0.05, 0) is 35.7 Å². The van der Waals surface area contributed by atoms with Crippen LogP contribution in [-0.4, -0.2) is 36.7 Å². The minimum absolute atomic E-state index is 0.134. The molecule has 0 radical (unpaired) electrons. The van der Waals surface area contributed by atoms with Crippen molar-refractivity contribution in [2.45, 2.75) is 20.8 Å². The molecule has 1 heterocycles. The molecule has 0 unspecified atom stereocenters. The van der Waals surface area contributed by atoms with Gasteiger partial charge in [0.25, 0.3) is 5.91 Å². The predicted molar refractivity (Wildman–Crippen MR) is 106 cm³/mol. The van der Waals surface area contributed by atoms with Gasteiger partial charge in [-0.2, -0.15) is 0 Å². The number of thiophene rings is 1. The predicted octanol–water partition coefficient (Wildman–Crippen LogP) is 2.89. The molecule has 0 aliphatic carbocycles. The number of carbonyl (C=O) groups excluding carboxylic acids is 4. The zero-order valence-electron chi connectivity index (χ0n) is 15.9. The van der Waals surface area contributed by atoms with E-state index < -0.39 is 18.0 Å². The zero-order valence-corrected chi connectivity index (χ0v) is 16.7. The van der Waals surface area contributed by atoms with Crippen LogP contribution in [0.5, 0.6) is 0 Å². The fourth-order valence-electron chi connectivity index (χ4n) is 1.99. The van der Waals surface area contributed by atoms with Crippen molar-refractivity contribution < 1.29 is 23.9 Å². The van der Waals surface area contributed by atoms with Crippen molar-refractivity contribution in [3.05, 3.63) is 52.2 Å². The molecule has 2 rings (SSSR count). The molecule has 0 atom stereocenters. The van der Waals surface area contributed by atoms with Crippen LogP contribution in [0.4, 0.5) is 5.69 Å². The standard InChI is InChI=1S/C20H22N2O5S/c1-20(2,3)19(26)22-14-8-6-13(7-9-14)15(23)12-27-17(24)11-21-18(25)16-5-4-10-28-16/h4-10H,11-12H2,1-3H3,(H,21,25)(H,22,26). The van der Waals surface area contributed by atoms with E-state index in [1.165, 1.54) is 11.3 Å². The Morgan fingerprint density at radius 2 is 1.71 bits per heavy atom. The molecule has 0 spiro atoms. The van der Waals surface area contributed by atoms with Crippen molar-refractivity contribution in [2.75, 3.05) is 18.5 Å². The number of ketones is 1. The van der Waals surface area contributed by atoms with Crippen LogP contribution in [-0.2, 0) is 14.3 Å². The highest BCUT2D eigenvalue weighted by molar-refractivity contribution is 7.12. The highest BCUT2D eigenvalue weighted by Crippen LogP contribution is 2.18. The summed E-state index contributed by atoms with van der Waals surface area (Å²) >= 11 is 1.26. The van der Waals surface area contributed by atoms with Crippen molar-refractivity contribution in [3.63, 3.8) is 0 Å². The summed E-state index contributed by atoms with van der Waals surface area (Å²) < 4.78 is 4.90. The summed E-state index contributed by atoms with van der Waals surface area (Å²) in [5.41, 5.74) is 0.399. The van der Waals surface area contributed by atoms with Crippen molar-refractivity contribution in [1.82, 2.24) is 5.32 Å². The van der Waals surface area contributed by atoms with Crippen LogP contribution in [0.15, 0.2) is 41.8 Å². The number of rotatable bonds is 7. The van der Waals surface area contributed by atoms with Gasteiger partial charge >= 0.3 is 5.97 Å². The van der Waals surface area contributed by atoms with Crippen molar-refractivity contribution in [2.24, 2.45) is 5.41 Å². The molecule has 2 amide bonds. The number of esters is 1. The van der Waals surface area contributed by atoms with Gasteiger partial charge in [-0.15, -0.1) is 11.3 Å². The minimum atomic E-state index is -0.702. The molecule has 148 valence electrons. The van der Waals surface area contributed by atoms with Gasteiger partial charge in [0.1, 0.15) is 6.54 Å². The third-order valence-corrected chi connectivity index (χ3v) is 4.52. The van der Waals surface area contributed by atoms with E-state index in [-0.39, 0.29) is 24.1 Å². The number of Topliss-reactive ketones (excluding diaryl/α,β-unsaturated/α-hetero) is 1. The second-order valence-electron chi connectivity index (χ2n) is 7.03. The molecule has 0 saturated heterocycles. The maximum Gasteiger partial charge on any atom is 0.325 e. The van der Waals surface area contributed by atoms with Gasteiger partial charge < -0.3 is 15.4 Å². The van der Waals surface area contributed by atoms with Crippen LogP contribution in [0.1, 0.15) is 40.8 Å². The van der Waals surface area contributed by atoms with Gasteiger partial charge in [0, 0.05) is 16.7 Å². The molecular formula is C20H22N2O5S. The fraction of sp³-hybridized carbons (Fsp3) is 0.300. The number of hydrogen-bond donors (Lipinski definition) is 2. The maximum absolute atomic E-state index is 12.1. The number of amides is 2. The van der Waals surface area contributed by atoms with Crippen LogP contribution < -0.4 is 10.6 Å². The molecular weight excluding hydrogens is 380 g/mol. The first kappa shape index (κ1) is 21.3. The van der Waals surface area contributed by atoms with E-state index in [9.17, 15) is 19.2 Å². The Hall–Kier alpha value is -3.00. The fourth-order valence-corrected chi connectivity index (χ4v) is 2.63. The summed E-state index contributed by atoms with van der Waals surface area (Å²) in [4.78, 5) is 48.0. The van der Waals surface area contributed by atoms with Crippen molar-refractivity contribution in [3.8, 4) is 0 Å². The highest BCUT2D eigenvalue weighted by Gasteiger charge is 2.21. The Kier molecular flexibility index (Phi) is 7.06. The summed E-state index contributed by atoms with van der Waals surface area (Å²) in [5.74, 6) is -1.59. The first-order valence-corrected chi connectivity index (χ1v) is 9.47. The summed E-state index contributed by atoms with van der Waals surface area (Å²) in [6.07, 6.45) is 0. The van der Waals surface area contributed by atoms with Crippen LogP contribution in [0.25, 0.3) is 0 Å². The lowest BCUT2D eigenvalue weighted by molar-refractivity contribution is -0.141. The van der Waals surface area contributed by atoms with Gasteiger partial charge in [0.15, 0.2) is 12.4 Å². The average Bonchev–Trinajstić information content (AvgIpc) is 3.18. The van der Waals surface area contributed by atoms with Crippen LogP contribution in [0.2, 0.25) is 0 Å². The van der Waals surface area contributed by atoms with E-state index in [0.717, 1.165) is 0 Å². The lowest BCUT2D eigenvalue weighted by Crippen LogP contribution is -2.31. The molecule has 0 saturated carbocycles. The number of nitrogens with one attached hydrogen (secondary N) is 2. The van der Waals surface area contributed by atoms with Gasteiger partial charge in [0.2, 0.25) is 5.91 Å². The Balaban J connectivity index is 1.78. The molecule has 0 aliphatic rings. The first-order chi connectivity index (χ1) is 13.2. The van der Waals surface area contributed by atoms with Crippen LogP contribution >= 0.6 is 11.3 Å². The van der Waals surface area contributed by atoms with E-state index in [1.54, 1.807) is 62.5 Å². The normalized spacial score (nSPS) is 10.8. The zero-order chi connectivity index (χ0) is 20.7. The van der Waals surface area contributed by atoms with E-state index in [0.29, 0.717) is 16.1 Å². The number of hydrogen-bond acceptors (Lipinski definition) is 6. The lowest BCUT2D eigenvalue weighted by atomic mass is 9.95. The van der Waals surface area contributed by atoms with E-state index in [4.69, 9.17) is 4.74 Å². The quantitative estimate of drug-likeness (QED) is 0.548. The van der Waals surface area contributed by atoms with Gasteiger partial charge in [-0.3, -0.25) is 19.2 Å². The number of carbonyl (C=O) groups is 4. The topological polar surface area (TPSA) is 102 Å². The SMILES string of the molecule is CC(C)(C)C(=O)Nc1ccc(C(=O)COC(=O)CNC(=O)c2cccs2)cc1. The smallest absolute Gasteiger partial charge is 0.325 e. The molecule has 2 N–H and O–H groups in total. The highest BCUT2D eigenvalue weighted by atomic mass is 32.1. The first-order valence-electron chi connectivity index (χ1n) is 8.59. The Morgan fingerprint density at radius 1 is 1.04 bits per heavy atom. The Morgan fingerprint density at radius 3 is 2.29 bits per heavy atom. The van der Waals surface area contributed by atoms with E-state index >= 15 is 0 Å². The molecule has 0 fully saturated rings. The van der Waals surface area contributed by atoms with Crippen molar-refractivity contribution >= 4 is 40.6 Å². The Labute approximate surface area is 167 Å². The summed E-state index contributed by atoms with van der Waals surface area (Å²) in [7, 11) is 0. The number of ether oxygens (including phenoxy) is 1. The summed E-state index contributed by atoms with van der Waals surface area (Å²) in [6.45, 7) is 4.66. The summed E-state index contributed by atoms with van der Waals surface area (Å²) in [6, 6.07) is 9.69. The molecule has 1 aromatic heterocycles. The monoisotopic (exact) mass is 402 g/mol. The third-order valence-electron chi connectivity index (χ3n) is 3.65. The third kappa shape index (κ3) is 6.31. The van der Waals surface area contributed by atoms with Crippen molar-refractivity contribution in [1.29, 1.82) is 0 Å². The molecule has 7 nitrogen and oxygen atoms in total. The molecule has 0 bridgehead atoms. The maximum atomic E-state index is 12.1. The second kappa shape index (κ2) is 9.27. The molecule has 1 aromatic carbocycles. The van der Waals surface area contributed by atoms with Gasteiger partial charge in [-0.25, -0.2) is 0 Å². The number of benzene rings is 1. The van der Waals surface area contributed by atoms with E-state index in [1.807, 2.05) is 0 Å². The second-order valence-corrected chi connectivity index (χ2v) is 7.97. The van der Waals surface area contributed by atoms with Gasteiger partial charge in [-0.1, -0.05) is 26.8 Å². The minimum Gasteiger partial charge on any atom is -0.456 e. The summed E-state index contributed by atoms with van der Waals surface area (Å²) in [5, 5.41) is 6.95. The van der Waals surface area contributed by atoms with Gasteiger partial charge in [0.05, 0.1) is 4.88 Å². The van der Waals surface area contributed by atoms with Crippen LogP contribution in [0, 0.1) is 5.41 Å². The lowest BCUT2D eigenvalue weighted by Gasteiger charge is -2.17. The molecule has 8 heteroatoms. The molecule has 28 heavy (non-hydrogen) atoms. The average molecular weight is 402 g/mol. The largest absolute Gasteiger partial charge is 0.456 e. The molecule has 0 aliphatic heterocycles. The van der Waals surface area contributed by atoms with Crippen LogP contribution in [0.3, 0.4) is 0 Å². The molecule has 2 aromatic rings. The Bertz CT molecular complexity index is 852. The number of anilines is 1. The van der Waals surface area contributed by atoms with E-state index in [2.05, 4.69) is 10.6 Å².